The van der Waals surface area contributed by atoms with E-state index < -0.39 is 60.6 Å². The number of rotatable bonds is 15. The van der Waals surface area contributed by atoms with E-state index in [9.17, 15) is 24.3 Å². The minimum atomic E-state index is -1.57. The molecule has 0 bridgehead atoms. The highest BCUT2D eigenvalue weighted by atomic mass is 16.4. The Kier molecular flexibility index (Phi) is 13.6. The Morgan fingerprint density at radius 3 is 2.00 bits per heavy atom. The first-order valence-electron chi connectivity index (χ1n) is 10.6. The number of carbonyl (C=O) groups is 4. The SMILES string of the molecule is CCC(C)C(NC(=O)C(N)C(C)O)C(=O)NC(CCCN=C(N)N)C(=O)NC(CO)C(=O)O. The molecule has 6 unspecified atom stereocenters. The van der Waals surface area contributed by atoms with E-state index in [1.807, 2.05) is 0 Å². The third kappa shape index (κ3) is 10.9. The number of carboxylic acid groups (broad SMARTS) is 1. The smallest absolute Gasteiger partial charge is 0.328 e. The maximum Gasteiger partial charge on any atom is 0.328 e. The average Bonchev–Trinajstić information content (AvgIpc) is 2.75. The summed E-state index contributed by atoms with van der Waals surface area (Å²) in [6.07, 6.45) is -0.345. The van der Waals surface area contributed by atoms with Gasteiger partial charge in [-0.05, 0) is 25.7 Å². The van der Waals surface area contributed by atoms with Crippen molar-refractivity contribution in [2.75, 3.05) is 13.2 Å². The minimum absolute atomic E-state index is 0.0421. The Balaban J connectivity index is 5.58. The van der Waals surface area contributed by atoms with Gasteiger partial charge in [-0.25, -0.2) is 4.79 Å². The standard InChI is InChI=1S/C19H37N7O7/c1-4-9(2)14(26-16(30)13(20)10(3)28)17(31)24-11(6-5-7-23-19(21)22)15(29)25-12(8-27)18(32)33/h9-14,27-28H,4-8,20H2,1-3H3,(H,24,31)(H,25,29)(H,26,30)(H,32,33)(H4,21,22,23). The van der Waals surface area contributed by atoms with E-state index in [1.165, 1.54) is 6.92 Å². The predicted molar refractivity (Wildman–Crippen MR) is 120 cm³/mol. The Morgan fingerprint density at radius 1 is 0.970 bits per heavy atom. The molecule has 0 heterocycles. The van der Waals surface area contributed by atoms with Gasteiger partial charge >= 0.3 is 5.97 Å². The van der Waals surface area contributed by atoms with Gasteiger partial charge in [-0.2, -0.15) is 0 Å². The molecule has 0 aromatic rings. The van der Waals surface area contributed by atoms with Gasteiger partial charge in [-0.15, -0.1) is 0 Å². The number of hydrogen-bond donors (Lipinski definition) is 9. The van der Waals surface area contributed by atoms with Crippen LogP contribution in [0.15, 0.2) is 4.99 Å². The zero-order chi connectivity index (χ0) is 25.7. The Bertz CT molecular complexity index is 698. The van der Waals surface area contributed by atoms with Gasteiger partial charge in [0.2, 0.25) is 17.7 Å². The van der Waals surface area contributed by atoms with Crippen molar-refractivity contribution in [1.29, 1.82) is 0 Å². The quantitative estimate of drug-likeness (QED) is 0.0636. The number of hydrogen-bond acceptors (Lipinski definition) is 8. The summed E-state index contributed by atoms with van der Waals surface area (Å²) in [7, 11) is 0. The van der Waals surface area contributed by atoms with E-state index in [0.717, 1.165) is 0 Å². The number of nitrogens with two attached hydrogens (primary N) is 3. The Labute approximate surface area is 192 Å². The highest BCUT2D eigenvalue weighted by Crippen LogP contribution is 2.10. The lowest BCUT2D eigenvalue weighted by Crippen LogP contribution is -2.59. The van der Waals surface area contributed by atoms with Gasteiger partial charge in [-0.1, -0.05) is 20.3 Å². The summed E-state index contributed by atoms with van der Waals surface area (Å²) in [6.45, 7) is 4.14. The van der Waals surface area contributed by atoms with Gasteiger partial charge in [-0.3, -0.25) is 19.4 Å². The predicted octanol–water partition coefficient (Wildman–Crippen LogP) is -3.67. The molecule has 0 saturated carbocycles. The summed E-state index contributed by atoms with van der Waals surface area (Å²) in [5, 5.41) is 34.9. The molecule has 14 nitrogen and oxygen atoms in total. The molecule has 0 radical (unpaired) electrons. The second-order valence-corrected chi connectivity index (χ2v) is 7.73. The molecule has 33 heavy (non-hydrogen) atoms. The van der Waals surface area contributed by atoms with Crippen LogP contribution in [0.1, 0.15) is 40.0 Å². The molecule has 6 atom stereocenters. The first-order chi connectivity index (χ1) is 15.3. The summed E-state index contributed by atoms with van der Waals surface area (Å²) < 4.78 is 0. The number of nitrogens with one attached hydrogen (secondary N) is 3. The van der Waals surface area contributed by atoms with Crippen LogP contribution in [0.5, 0.6) is 0 Å². The van der Waals surface area contributed by atoms with Gasteiger partial charge in [0.05, 0.1) is 12.7 Å². The first kappa shape index (κ1) is 30.0. The molecule has 0 aliphatic rings. The van der Waals surface area contributed by atoms with Crippen LogP contribution in [0.4, 0.5) is 0 Å². The third-order valence-electron chi connectivity index (χ3n) is 4.99. The van der Waals surface area contributed by atoms with Crippen LogP contribution < -0.4 is 33.2 Å². The molecule has 0 rings (SSSR count). The van der Waals surface area contributed by atoms with Crippen LogP contribution in [0, 0.1) is 5.92 Å². The fourth-order valence-corrected chi connectivity index (χ4v) is 2.66. The molecule has 0 spiro atoms. The van der Waals surface area contributed by atoms with Gasteiger partial charge in [0.25, 0.3) is 0 Å². The van der Waals surface area contributed by atoms with E-state index in [-0.39, 0.29) is 31.3 Å². The molecule has 190 valence electrons. The molecule has 3 amide bonds. The molecule has 0 saturated heterocycles. The largest absolute Gasteiger partial charge is 0.480 e. The number of amides is 3. The van der Waals surface area contributed by atoms with E-state index in [4.69, 9.17) is 27.4 Å². The number of aliphatic imine (C=N–C) groups is 1. The number of guanidine groups is 1. The van der Waals surface area contributed by atoms with Gasteiger partial charge in [0, 0.05) is 6.54 Å². The molecule has 12 N–H and O–H groups in total. The van der Waals surface area contributed by atoms with E-state index >= 15 is 0 Å². The highest BCUT2D eigenvalue weighted by molar-refractivity contribution is 5.94. The summed E-state index contributed by atoms with van der Waals surface area (Å²) in [5.74, 6) is -4.25. The maximum absolute atomic E-state index is 13.0. The summed E-state index contributed by atoms with van der Waals surface area (Å²) in [5.41, 5.74) is 16.2. The van der Waals surface area contributed by atoms with Crippen molar-refractivity contribution < 1.29 is 34.5 Å². The Hall–Kier alpha value is -2.97. The van der Waals surface area contributed by atoms with Crippen molar-refractivity contribution in [3.8, 4) is 0 Å². The number of aliphatic hydroxyl groups is 2. The second-order valence-electron chi connectivity index (χ2n) is 7.73. The lowest BCUT2D eigenvalue weighted by Gasteiger charge is -2.28. The van der Waals surface area contributed by atoms with Crippen LogP contribution in [-0.2, 0) is 19.2 Å². The van der Waals surface area contributed by atoms with Crippen molar-refractivity contribution in [2.24, 2.45) is 28.1 Å². The van der Waals surface area contributed by atoms with Crippen molar-refractivity contribution in [3.05, 3.63) is 0 Å². The van der Waals surface area contributed by atoms with Crippen LogP contribution in [0.25, 0.3) is 0 Å². The number of nitrogens with zero attached hydrogens (tertiary/aromatic N) is 1. The highest BCUT2D eigenvalue weighted by Gasteiger charge is 2.32. The maximum atomic E-state index is 13.0. The van der Waals surface area contributed by atoms with Crippen molar-refractivity contribution in [3.63, 3.8) is 0 Å². The lowest BCUT2D eigenvalue weighted by atomic mass is 9.97. The number of aliphatic carboxylic acids is 1. The molecule has 0 aliphatic heterocycles. The number of aliphatic hydroxyl groups excluding tert-OH is 2. The van der Waals surface area contributed by atoms with Crippen LogP contribution in [-0.4, -0.2) is 88.4 Å². The monoisotopic (exact) mass is 475 g/mol. The second kappa shape index (κ2) is 15.0. The van der Waals surface area contributed by atoms with Gasteiger partial charge in [0.15, 0.2) is 5.96 Å². The fourth-order valence-electron chi connectivity index (χ4n) is 2.66. The summed E-state index contributed by atoms with van der Waals surface area (Å²) in [6, 6.07) is -5.10. The third-order valence-corrected chi connectivity index (χ3v) is 4.99. The molecular formula is C19H37N7O7. The zero-order valence-electron chi connectivity index (χ0n) is 19.2. The van der Waals surface area contributed by atoms with Crippen LogP contribution in [0.3, 0.4) is 0 Å². The van der Waals surface area contributed by atoms with Crippen LogP contribution >= 0.6 is 0 Å². The molecular weight excluding hydrogens is 438 g/mol. The van der Waals surface area contributed by atoms with Gasteiger partial charge < -0.3 is 48.5 Å². The van der Waals surface area contributed by atoms with E-state index in [2.05, 4.69) is 20.9 Å². The molecule has 0 fully saturated rings. The van der Waals surface area contributed by atoms with E-state index in [1.54, 1.807) is 13.8 Å². The van der Waals surface area contributed by atoms with Crippen LogP contribution in [0.2, 0.25) is 0 Å². The summed E-state index contributed by atoms with van der Waals surface area (Å²) in [4.78, 5) is 52.8. The molecule has 0 aliphatic carbocycles. The average molecular weight is 476 g/mol. The zero-order valence-corrected chi connectivity index (χ0v) is 19.2. The topological polar surface area (TPSA) is 255 Å². The van der Waals surface area contributed by atoms with E-state index in [0.29, 0.717) is 6.42 Å². The molecule has 14 heteroatoms. The first-order valence-corrected chi connectivity index (χ1v) is 10.6. The fraction of sp³-hybridized carbons (Fsp3) is 0.737. The number of carboxylic acids is 1. The van der Waals surface area contributed by atoms with Crippen molar-refractivity contribution >= 4 is 29.7 Å². The minimum Gasteiger partial charge on any atom is -0.480 e. The van der Waals surface area contributed by atoms with Crippen molar-refractivity contribution in [1.82, 2.24) is 16.0 Å². The molecule has 0 aromatic heterocycles. The molecule has 0 aromatic carbocycles. The number of carbonyl (C=O) groups excluding carboxylic acids is 3. The lowest BCUT2D eigenvalue weighted by molar-refractivity contribution is -0.143. The summed E-state index contributed by atoms with van der Waals surface area (Å²) >= 11 is 0. The normalized spacial score (nSPS) is 16.3. The van der Waals surface area contributed by atoms with Gasteiger partial charge in [0.1, 0.15) is 24.2 Å². The Morgan fingerprint density at radius 2 is 1.55 bits per heavy atom. The van der Waals surface area contributed by atoms with Crippen molar-refractivity contribution in [2.45, 2.75) is 70.3 Å².